The summed E-state index contributed by atoms with van der Waals surface area (Å²) in [4.78, 5) is 14.2. The molecular formula is C16H23NO3. The van der Waals surface area contributed by atoms with Gasteiger partial charge in [-0.1, -0.05) is 18.2 Å². The quantitative estimate of drug-likeness (QED) is 0.866. The van der Waals surface area contributed by atoms with E-state index in [1.807, 2.05) is 36.1 Å². The van der Waals surface area contributed by atoms with Gasteiger partial charge in [-0.2, -0.15) is 0 Å². The number of amides is 1. The Hall–Kier alpha value is -1.55. The second kappa shape index (κ2) is 7.29. The Morgan fingerprint density at radius 1 is 1.45 bits per heavy atom. The summed E-state index contributed by atoms with van der Waals surface area (Å²) >= 11 is 0. The van der Waals surface area contributed by atoms with Gasteiger partial charge in [0.25, 0.3) is 5.91 Å². The zero-order valence-corrected chi connectivity index (χ0v) is 12.0. The molecule has 4 nitrogen and oxygen atoms in total. The van der Waals surface area contributed by atoms with E-state index < -0.39 is 0 Å². The van der Waals surface area contributed by atoms with Gasteiger partial charge in [0.1, 0.15) is 5.75 Å². The lowest BCUT2D eigenvalue weighted by molar-refractivity contribution is -0.134. The second-order valence-corrected chi connectivity index (χ2v) is 5.30. The molecule has 1 atom stereocenters. The molecule has 1 aromatic rings. The van der Waals surface area contributed by atoms with Crippen molar-refractivity contribution < 1.29 is 14.6 Å². The van der Waals surface area contributed by atoms with Crippen LogP contribution < -0.4 is 4.74 Å². The van der Waals surface area contributed by atoms with Crippen LogP contribution in [-0.4, -0.2) is 41.7 Å². The number of nitrogens with zero attached hydrogens (tertiary/aromatic N) is 1. The van der Waals surface area contributed by atoms with Crippen molar-refractivity contribution in [1.82, 2.24) is 4.90 Å². The standard InChI is InChI=1S/C16H23NO3/c1-13-6-2-3-9-15(13)20-12-16(19)17-10-4-7-14(17)8-5-11-18/h2-3,6,9,14,18H,4-5,7-8,10-12H2,1H3. The van der Waals surface area contributed by atoms with Gasteiger partial charge in [-0.15, -0.1) is 0 Å². The topological polar surface area (TPSA) is 49.8 Å². The molecule has 1 aromatic carbocycles. The van der Waals surface area contributed by atoms with Crippen LogP contribution in [0.4, 0.5) is 0 Å². The van der Waals surface area contributed by atoms with Crippen molar-refractivity contribution in [3.63, 3.8) is 0 Å². The van der Waals surface area contributed by atoms with Crippen molar-refractivity contribution in [3.05, 3.63) is 29.8 Å². The lowest BCUT2D eigenvalue weighted by Crippen LogP contribution is -2.38. The summed E-state index contributed by atoms with van der Waals surface area (Å²) in [6.45, 7) is 3.07. The third kappa shape index (κ3) is 3.73. The fourth-order valence-electron chi connectivity index (χ4n) is 2.73. The van der Waals surface area contributed by atoms with Gasteiger partial charge in [0, 0.05) is 19.2 Å². The van der Waals surface area contributed by atoms with Crippen LogP contribution in [0.1, 0.15) is 31.2 Å². The number of rotatable bonds is 6. The Balaban J connectivity index is 1.86. The predicted molar refractivity (Wildman–Crippen MR) is 77.7 cm³/mol. The van der Waals surface area contributed by atoms with E-state index >= 15 is 0 Å². The van der Waals surface area contributed by atoms with Gasteiger partial charge in [0.05, 0.1) is 0 Å². The largest absolute Gasteiger partial charge is 0.484 e. The molecule has 0 spiro atoms. The first-order valence-electron chi connectivity index (χ1n) is 7.31. The molecule has 0 saturated carbocycles. The lowest BCUT2D eigenvalue weighted by Gasteiger charge is -2.24. The smallest absolute Gasteiger partial charge is 0.260 e. The van der Waals surface area contributed by atoms with E-state index in [1.165, 1.54) is 0 Å². The summed E-state index contributed by atoms with van der Waals surface area (Å²) in [5.41, 5.74) is 1.04. The lowest BCUT2D eigenvalue weighted by atomic mass is 10.1. The maximum atomic E-state index is 12.2. The van der Waals surface area contributed by atoms with Crippen LogP contribution >= 0.6 is 0 Å². The average molecular weight is 277 g/mol. The molecule has 0 aliphatic carbocycles. The number of likely N-dealkylation sites (tertiary alicyclic amines) is 1. The molecule has 1 aliphatic rings. The molecule has 0 aromatic heterocycles. The fraction of sp³-hybridized carbons (Fsp3) is 0.562. The van der Waals surface area contributed by atoms with Crippen molar-refractivity contribution in [2.45, 2.75) is 38.6 Å². The Kier molecular flexibility index (Phi) is 5.41. The SMILES string of the molecule is Cc1ccccc1OCC(=O)N1CCCC1CCCO. The summed E-state index contributed by atoms with van der Waals surface area (Å²) in [6.07, 6.45) is 3.72. The summed E-state index contributed by atoms with van der Waals surface area (Å²) in [7, 11) is 0. The molecule has 0 radical (unpaired) electrons. The molecule has 0 bridgehead atoms. The van der Waals surface area contributed by atoms with Gasteiger partial charge >= 0.3 is 0 Å². The Morgan fingerprint density at radius 2 is 2.25 bits per heavy atom. The molecule has 1 N–H and O–H groups in total. The summed E-state index contributed by atoms with van der Waals surface area (Å²) in [5, 5.41) is 8.91. The minimum Gasteiger partial charge on any atom is -0.484 e. The van der Waals surface area contributed by atoms with Gasteiger partial charge in [-0.3, -0.25) is 4.79 Å². The molecule has 1 saturated heterocycles. The van der Waals surface area contributed by atoms with Crippen molar-refractivity contribution in [1.29, 1.82) is 0 Å². The number of aliphatic hydroxyl groups excluding tert-OH is 1. The Labute approximate surface area is 120 Å². The average Bonchev–Trinajstić information content (AvgIpc) is 2.92. The Bertz CT molecular complexity index is 447. The van der Waals surface area contributed by atoms with E-state index in [4.69, 9.17) is 9.84 Å². The van der Waals surface area contributed by atoms with Crippen molar-refractivity contribution >= 4 is 5.91 Å². The van der Waals surface area contributed by atoms with Crippen LogP contribution in [0.5, 0.6) is 5.75 Å². The van der Waals surface area contributed by atoms with E-state index in [2.05, 4.69) is 0 Å². The number of para-hydroxylation sites is 1. The third-order valence-electron chi connectivity index (χ3n) is 3.84. The number of hydrogen-bond donors (Lipinski definition) is 1. The first kappa shape index (κ1) is 14.9. The molecule has 1 fully saturated rings. The zero-order valence-electron chi connectivity index (χ0n) is 12.0. The maximum absolute atomic E-state index is 12.2. The number of carbonyl (C=O) groups is 1. The van der Waals surface area contributed by atoms with Crippen LogP contribution in [0.15, 0.2) is 24.3 Å². The molecule has 20 heavy (non-hydrogen) atoms. The monoisotopic (exact) mass is 277 g/mol. The molecule has 1 unspecified atom stereocenters. The molecule has 1 aliphatic heterocycles. The van der Waals surface area contributed by atoms with E-state index in [0.29, 0.717) is 0 Å². The molecule has 1 heterocycles. The van der Waals surface area contributed by atoms with Crippen LogP contribution in [0.2, 0.25) is 0 Å². The summed E-state index contributed by atoms with van der Waals surface area (Å²) in [5.74, 6) is 0.820. The first-order chi connectivity index (χ1) is 9.72. The molecule has 2 rings (SSSR count). The van der Waals surface area contributed by atoms with Crippen molar-refractivity contribution in [2.75, 3.05) is 19.8 Å². The van der Waals surface area contributed by atoms with Gasteiger partial charge in [-0.05, 0) is 44.2 Å². The number of aryl methyl sites for hydroxylation is 1. The minimum absolute atomic E-state index is 0.0497. The highest BCUT2D eigenvalue weighted by Gasteiger charge is 2.28. The van der Waals surface area contributed by atoms with Crippen LogP contribution in [0.3, 0.4) is 0 Å². The van der Waals surface area contributed by atoms with Crippen LogP contribution in [-0.2, 0) is 4.79 Å². The second-order valence-electron chi connectivity index (χ2n) is 5.30. The van der Waals surface area contributed by atoms with Gasteiger partial charge in [0.2, 0.25) is 0 Å². The normalized spacial score (nSPS) is 18.3. The zero-order chi connectivity index (χ0) is 14.4. The minimum atomic E-state index is 0.0497. The molecule has 110 valence electrons. The highest BCUT2D eigenvalue weighted by molar-refractivity contribution is 5.78. The van der Waals surface area contributed by atoms with Gasteiger partial charge in [-0.25, -0.2) is 0 Å². The van der Waals surface area contributed by atoms with E-state index in [0.717, 1.165) is 43.5 Å². The first-order valence-corrected chi connectivity index (χ1v) is 7.31. The Morgan fingerprint density at radius 3 is 3.00 bits per heavy atom. The maximum Gasteiger partial charge on any atom is 0.260 e. The highest BCUT2D eigenvalue weighted by Crippen LogP contribution is 2.22. The van der Waals surface area contributed by atoms with Crippen LogP contribution in [0.25, 0.3) is 0 Å². The number of hydrogen-bond acceptors (Lipinski definition) is 3. The number of benzene rings is 1. The van der Waals surface area contributed by atoms with Crippen molar-refractivity contribution in [3.8, 4) is 5.75 Å². The molecule has 4 heteroatoms. The van der Waals surface area contributed by atoms with Gasteiger partial charge < -0.3 is 14.7 Å². The van der Waals surface area contributed by atoms with Gasteiger partial charge in [0.15, 0.2) is 6.61 Å². The van der Waals surface area contributed by atoms with Crippen molar-refractivity contribution in [2.24, 2.45) is 0 Å². The number of aliphatic hydroxyl groups is 1. The summed E-state index contributed by atoms with van der Waals surface area (Å²) in [6, 6.07) is 7.99. The fourth-order valence-corrected chi connectivity index (χ4v) is 2.73. The molecule has 1 amide bonds. The number of carbonyl (C=O) groups excluding carboxylic acids is 1. The highest BCUT2D eigenvalue weighted by atomic mass is 16.5. The third-order valence-corrected chi connectivity index (χ3v) is 3.84. The predicted octanol–water partition coefficient (Wildman–Crippen LogP) is 2.14. The van der Waals surface area contributed by atoms with E-state index in [-0.39, 0.29) is 25.2 Å². The number of ether oxygens (including phenoxy) is 1. The van der Waals surface area contributed by atoms with E-state index in [9.17, 15) is 4.79 Å². The van der Waals surface area contributed by atoms with E-state index in [1.54, 1.807) is 0 Å². The molecular weight excluding hydrogens is 254 g/mol. The summed E-state index contributed by atoms with van der Waals surface area (Å²) < 4.78 is 5.62. The van der Waals surface area contributed by atoms with Crippen LogP contribution in [0, 0.1) is 6.92 Å².